The van der Waals surface area contributed by atoms with Gasteiger partial charge in [0.25, 0.3) is 5.92 Å². The van der Waals surface area contributed by atoms with Gasteiger partial charge in [0.05, 0.1) is 11.0 Å². The van der Waals surface area contributed by atoms with E-state index in [2.05, 4.69) is 9.88 Å². The quantitative estimate of drug-likeness (QED) is 0.929. The smallest absolute Gasteiger partial charge is 0.250 e. The van der Waals surface area contributed by atoms with Crippen molar-refractivity contribution >= 4 is 11.3 Å². The standard InChI is InChI=1S/C14H21F2N3S/c15-14(16)4-6-19(7-5-14)11(8-17)12-9-18-13(20-12)10-2-1-3-10/h9-11H,1-8,17H2. The first kappa shape index (κ1) is 14.4. The Morgan fingerprint density at radius 3 is 2.65 bits per heavy atom. The second-order valence-electron chi connectivity index (χ2n) is 5.87. The predicted octanol–water partition coefficient (Wildman–Crippen LogP) is 3.14. The van der Waals surface area contributed by atoms with Crippen LogP contribution in [0, 0.1) is 0 Å². The second kappa shape index (κ2) is 5.66. The molecule has 6 heteroatoms. The molecule has 20 heavy (non-hydrogen) atoms. The van der Waals surface area contributed by atoms with Crippen LogP contribution in [-0.4, -0.2) is 35.4 Å². The van der Waals surface area contributed by atoms with Crippen LogP contribution in [0.3, 0.4) is 0 Å². The third-order valence-electron chi connectivity index (χ3n) is 4.52. The highest BCUT2D eigenvalue weighted by molar-refractivity contribution is 7.11. The summed E-state index contributed by atoms with van der Waals surface area (Å²) in [7, 11) is 0. The molecule has 0 amide bonds. The summed E-state index contributed by atoms with van der Waals surface area (Å²) in [5.74, 6) is -1.88. The first-order valence-electron chi connectivity index (χ1n) is 7.36. The van der Waals surface area contributed by atoms with Crippen LogP contribution < -0.4 is 5.73 Å². The van der Waals surface area contributed by atoms with E-state index < -0.39 is 5.92 Å². The first-order chi connectivity index (χ1) is 9.59. The summed E-state index contributed by atoms with van der Waals surface area (Å²) in [4.78, 5) is 7.75. The zero-order valence-corrected chi connectivity index (χ0v) is 12.3. The molecule has 1 aromatic heterocycles. The molecule has 1 aliphatic carbocycles. The molecule has 2 fully saturated rings. The number of hydrogen-bond acceptors (Lipinski definition) is 4. The minimum Gasteiger partial charge on any atom is -0.329 e. The summed E-state index contributed by atoms with van der Waals surface area (Å²) in [6.45, 7) is 1.31. The molecule has 0 radical (unpaired) electrons. The maximum atomic E-state index is 13.2. The van der Waals surface area contributed by atoms with Gasteiger partial charge in [0.15, 0.2) is 0 Å². The van der Waals surface area contributed by atoms with Crippen LogP contribution in [0.5, 0.6) is 0 Å². The van der Waals surface area contributed by atoms with Crippen LogP contribution in [-0.2, 0) is 0 Å². The van der Waals surface area contributed by atoms with Crippen LogP contribution in [0.4, 0.5) is 8.78 Å². The van der Waals surface area contributed by atoms with Crippen molar-refractivity contribution in [3.8, 4) is 0 Å². The number of nitrogens with two attached hydrogens (primary N) is 1. The monoisotopic (exact) mass is 301 g/mol. The van der Waals surface area contributed by atoms with Crippen molar-refractivity contribution in [3.63, 3.8) is 0 Å². The molecule has 3 rings (SSSR count). The molecule has 2 N–H and O–H groups in total. The Balaban J connectivity index is 1.68. The summed E-state index contributed by atoms with van der Waals surface area (Å²) < 4.78 is 26.5. The predicted molar refractivity (Wildman–Crippen MR) is 76.3 cm³/mol. The lowest BCUT2D eigenvalue weighted by Crippen LogP contribution is -2.43. The van der Waals surface area contributed by atoms with Gasteiger partial charge in [0.2, 0.25) is 0 Å². The molecule has 1 aliphatic heterocycles. The van der Waals surface area contributed by atoms with Crippen molar-refractivity contribution in [2.45, 2.75) is 50.0 Å². The lowest BCUT2D eigenvalue weighted by molar-refractivity contribution is -0.0625. The van der Waals surface area contributed by atoms with E-state index in [1.807, 2.05) is 6.20 Å². The molecular weight excluding hydrogens is 280 g/mol. The molecule has 3 nitrogen and oxygen atoms in total. The van der Waals surface area contributed by atoms with E-state index in [0.29, 0.717) is 25.6 Å². The van der Waals surface area contributed by atoms with Crippen LogP contribution in [0.2, 0.25) is 0 Å². The molecule has 112 valence electrons. The van der Waals surface area contributed by atoms with Gasteiger partial charge in [-0.3, -0.25) is 4.90 Å². The van der Waals surface area contributed by atoms with Crippen LogP contribution in [0.1, 0.15) is 53.9 Å². The largest absolute Gasteiger partial charge is 0.329 e. The van der Waals surface area contributed by atoms with Gasteiger partial charge in [-0.15, -0.1) is 11.3 Å². The molecule has 1 atom stereocenters. The highest BCUT2D eigenvalue weighted by Gasteiger charge is 2.37. The molecule has 0 spiro atoms. The van der Waals surface area contributed by atoms with E-state index in [-0.39, 0.29) is 18.9 Å². The summed E-state index contributed by atoms with van der Waals surface area (Å²) in [5.41, 5.74) is 5.88. The minimum absolute atomic E-state index is 0.0532. The average Bonchev–Trinajstić information content (AvgIpc) is 2.79. The molecule has 2 aliphatic rings. The maximum Gasteiger partial charge on any atom is 0.250 e. The zero-order valence-electron chi connectivity index (χ0n) is 11.5. The summed E-state index contributed by atoms with van der Waals surface area (Å²) in [5, 5.41) is 1.20. The van der Waals surface area contributed by atoms with Crippen molar-refractivity contribution in [1.29, 1.82) is 0 Å². The van der Waals surface area contributed by atoms with Crippen molar-refractivity contribution < 1.29 is 8.78 Å². The van der Waals surface area contributed by atoms with Gasteiger partial charge in [0.1, 0.15) is 0 Å². The van der Waals surface area contributed by atoms with Gasteiger partial charge in [-0.25, -0.2) is 13.8 Å². The Morgan fingerprint density at radius 2 is 2.10 bits per heavy atom. The SMILES string of the molecule is NCC(c1cnc(C2CCC2)s1)N1CCC(F)(F)CC1. The fourth-order valence-corrected chi connectivity index (χ4v) is 4.14. The molecule has 2 heterocycles. The van der Waals surface area contributed by atoms with Gasteiger partial charge < -0.3 is 5.73 Å². The fourth-order valence-electron chi connectivity index (χ4n) is 2.91. The Kier molecular flexibility index (Phi) is 4.06. The molecule has 1 aromatic rings. The summed E-state index contributed by atoms with van der Waals surface area (Å²) in [6.07, 6.45) is 5.55. The molecular formula is C14H21F2N3S. The molecule has 0 aromatic carbocycles. The molecule has 0 bridgehead atoms. The number of likely N-dealkylation sites (tertiary alicyclic amines) is 1. The third kappa shape index (κ3) is 2.87. The Labute approximate surface area is 122 Å². The molecule has 1 saturated heterocycles. The fraction of sp³-hybridized carbons (Fsp3) is 0.786. The number of nitrogens with zero attached hydrogens (tertiary/aromatic N) is 2. The lowest BCUT2D eigenvalue weighted by Gasteiger charge is -2.36. The van der Waals surface area contributed by atoms with Crippen LogP contribution in [0.15, 0.2) is 6.20 Å². The Bertz CT molecular complexity index is 449. The zero-order chi connectivity index (χ0) is 14.2. The van der Waals surface area contributed by atoms with Crippen molar-refractivity contribution in [2.24, 2.45) is 5.73 Å². The first-order valence-corrected chi connectivity index (χ1v) is 8.18. The van der Waals surface area contributed by atoms with Crippen LogP contribution >= 0.6 is 11.3 Å². The molecule has 1 unspecified atom stereocenters. The lowest BCUT2D eigenvalue weighted by atomic mass is 9.86. The summed E-state index contributed by atoms with van der Waals surface area (Å²) >= 11 is 1.72. The number of piperidine rings is 1. The third-order valence-corrected chi connectivity index (χ3v) is 5.78. The Hall–Kier alpha value is -0.590. The maximum absolute atomic E-state index is 13.2. The van der Waals surface area contributed by atoms with Crippen molar-refractivity contribution in [3.05, 3.63) is 16.1 Å². The van der Waals surface area contributed by atoms with Gasteiger partial charge >= 0.3 is 0 Å². The highest BCUT2D eigenvalue weighted by Crippen LogP contribution is 2.40. The van der Waals surface area contributed by atoms with Crippen LogP contribution in [0.25, 0.3) is 0 Å². The summed E-state index contributed by atoms with van der Waals surface area (Å²) in [6, 6.07) is 0.0532. The van der Waals surface area contributed by atoms with E-state index in [1.165, 1.54) is 24.3 Å². The van der Waals surface area contributed by atoms with Gasteiger partial charge in [0, 0.05) is 49.5 Å². The number of thiazole rings is 1. The highest BCUT2D eigenvalue weighted by atomic mass is 32.1. The molecule has 1 saturated carbocycles. The number of hydrogen-bond donors (Lipinski definition) is 1. The minimum atomic E-state index is -2.50. The van der Waals surface area contributed by atoms with Crippen molar-refractivity contribution in [1.82, 2.24) is 9.88 Å². The Morgan fingerprint density at radius 1 is 1.40 bits per heavy atom. The van der Waals surface area contributed by atoms with E-state index in [4.69, 9.17) is 5.73 Å². The number of halogens is 2. The van der Waals surface area contributed by atoms with E-state index in [9.17, 15) is 8.78 Å². The van der Waals surface area contributed by atoms with E-state index in [1.54, 1.807) is 11.3 Å². The van der Waals surface area contributed by atoms with Crippen molar-refractivity contribution in [2.75, 3.05) is 19.6 Å². The number of aromatic nitrogens is 1. The van der Waals surface area contributed by atoms with Gasteiger partial charge in [-0.2, -0.15) is 0 Å². The van der Waals surface area contributed by atoms with Gasteiger partial charge in [-0.05, 0) is 12.8 Å². The second-order valence-corrected chi connectivity index (χ2v) is 6.97. The number of alkyl halides is 2. The topological polar surface area (TPSA) is 42.1 Å². The normalized spacial score (nSPS) is 25.4. The van der Waals surface area contributed by atoms with E-state index >= 15 is 0 Å². The average molecular weight is 301 g/mol. The van der Waals surface area contributed by atoms with Gasteiger partial charge in [-0.1, -0.05) is 6.42 Å². The number of rotatable bonds is 4. The van der Waals surface area contributed by atoms with E-state index in [0.717, 1.165) is 4.88 Å².